The summed E-state index contributed by atoms with van der Waals surface area (Å²) in [7, 11) is 0. The Kier molecular flexibility index (Phi) is 7.29. The lowest BCUT2D eigenvalue weighted by Crippen LogP contribution is -2.39. The third-order valence-corrected chi connectivity index (χ3v) is 6.96. The van der Waals surface area contributed by atoms with Crippen LogP contribution in [0.4, 0.5) is 15.8 Å². The van der Waals surface area contributed by atoms with Crippen LogP contribution in [0, 0.1) is 12.7 Å². The summed E-state index contributed by atoms with van der Waals surface area (Å²) in [6, 6.07) is 11.9. The smallest absolute Gasteiger partial charge is 0.271 e. The SMILES string of the molecule is CCn1cc(C(=O)N2CCC(c3ccc(F)cc3)CC2)c(Nc2cc(Cl)ccc2C)c(Cl)c1=O. The number of amides is 1. The van der Waals surface area contributed by atoms with Crippen molar-refractivity contribution in [3.8, 4) is 0 Å². The third-order valence-electron chi connectivity index (χ3n) is 6.38. The van der Waals surface area contributed by atoms with Crippen LogP contribution < -0.4 is 10.9 Å². The van der Waals surface area contributed by atoms with Gasteiger partial charge < -0.3 is 14.8 Å². The summed E-state index contributed by atoms with van der Waals surface area (Å²) in [6.07, 6.45) is 3.12. The number of rotatable bonds is 5. The zero-order valence-corrected chi connectivity index (χ0v) is 20.6. The van der Waals surface area contributed by atoms with Gasteiger partial charge in [0.2, 0.25) is 0 Å². The molecule has 0 atom stereocenters. The number of nitrogens with one attached hydrogen (secondary N) is 1. The van der Waals surface area contributed by atoms with Gasteiger partial charge in [-0.1, -0.05) is 41.4 Å². The molecule has 1 fully saturated rings. The van der Waals surface area contributed by atoms with Gasteiger partial charge in [0.25, 0.3) is 11.5 Å². The Morgan fingerprint density at radius 3 is 2.44 bits per heavy atom. The first-order chi connectivity index (χ1) is 16.3. The van der Waals surface area contributed by atoms with Crippen LogP contribution in [0.25, 0.3) is 0 Å². The number of halogens is 3. The molecule has 2 heterocycles. The van der Waals surface area contributed by atoms with Crippen LogP contribution in [0.2, 0.25) is 10.0 Å². The average Bonchev–Trinajstić information content (AvgIpc) is 2.84. The molecule has 4 rings (SSSR count). The van der Waals surface area contributed by atoms with Crippen molar-refractivity contribution in [1.82, 2.24) is 9.47 Å². The Bertz CT molecular complexity index is 1270. The van der Waals surface area contributed by atoms with E-state index in [1.54, 1.807) is 23.2 Å². The molecule has 0 saturated carbocycles. The molecule has 1 saturated heterocycles. The summed E-state index contributed by atoms with van der Waals surface area (Å²) in [5, 5.41) is 3.68. The van der Waals surface area contributed by atoms with Gasteiger partial charge in [0, 0.05) is 36.5 Å². The van der Waals surface area contributed by atoms with E-state index in [9.17, 15) is 14.0 Å². The largest absolute Gasteiger partial charge is 0.353 e. The fourth-order valence-corrected chi connectivity index (χ4v) is 4.76. The van der Waals surface area contributed by atoms with E-state index in [4.69, 9.17) is 23.2 Å². The van der Waals surface area contributed by atoms with Crippen LogP contribution in [0.3, 0.4) is 0 Å². The van der Waals surface area contributed by atoms with Crippen molar-refractivity contribution in [2.75, 3.05) is 18.4 Å². The number of aryl methyl sites for hydroxylation is 2. The number of benzene rings is 2. The lowest BCUT2D eigenvalue weighted by atomic mass is 9.89. The number of pyridine rings is 1. The van der Waals surface area contributed by atoms with E-state index in [1.165, 1.54) is 16.7 Å². The number of nitrogens with zero attached hydrogens (tertiary/aromatic N) is 2. The molecule has 3 aromatic rings. The molecule has 5 nitrogen and oxygen atoms in total. The van der Waals surface area contributed by atoms with Crippen molar-refractivity contribution in [3.63, 3.8) is 0 Å². The summed E-state index contributed by atoms with van der Waals surface area (Å²) in [5.74, 6) is -0.178. The predicted molar refractivity (Wildman–Crippen MR) is 135 cm³/mol. The minimum Gasteiger partial charge on any atom is -0.353 e. The molecule has 0 aliphatic carbocycles. The maximum Gasteiger partial charge on any atom is 0.271 e. The summed E-state index contributed by atoms with van der Waals surface area (Å²) in [6.45, 7) is 5.23. The van der Waals surface area contributed by atoms with Gasteiger partial charge in [-0.2, -0.15) is 0 Å². The fraction of sp³-hybridized carbons (Fsp3) is 0.308. The second-order valence-corrected chi connectivity index (χ2v) is 9.34. The topological polar surface area (TPSA) is 54.3 Å². The van der Waals surface area contributed by atoms with Gasteiger partial charge in [-0.25, -0.2) is 4.39 Å². The maximum absolute atomic E-state index is 13.6. The Hall–Kier alpha value is -2.83. The number of anilines is 2. The first kappa shape index (κ1) is 24.3. The van der Waals surface area contributed by atoms with E-state index < -0.39 is 0 Å². The van der Waals surface area contributed by atoms with Crippen LogP contribution in [0.5, 0.6) is 0 Å². The summed E-state index contributed by atoms with van der Waals surface area (Å²) < 4.78 is 14.7. The first-order valence-corrected chi connectivity index (χ1v) is 12.0. The highest BCUT2D eigenvalue weighted by atomic mass is 35.5. The first-order valence-electron chi connectivity index (χ1n) is 11.3. The predicted octanol–water partition coefficient (Wildman–Crippen LogP) is 6.39. The number of hydrogen-bond donors (Lipinski definition) is 1. The zero-order valence-electron chi connectivity index (χ0n) is 19.1. The van der Waals surface area contributed by atoms with Crippen LogP contribution in [0.15, 0.2) is 53.5 Å². The molecule has 0 unspecified atom stereocenters. The molecule has 1 N–H and O–H groups in total. The fourth-order valence-electron chi connectivity index (χ4n) is 4.33. The van der Waals surface area contributed by atoms with Crippen LogP contribution >= 0.6 is 23.2 Å². The van der Waals surface area contributed by atoms with Crippen LogP contribution in [-0.2, 0) is 6.54 Å². The third kappa shape index (κ3) is 4.98. The quantitative estimate of drug-likeness (QED) is 0.440. The number of carbonyl (C=O) groups is 1. The second-order valence-electron chi connectivity index (χ2n) is 8.53. The van der Waals surface area contributed by atoms with Crippen molar-refractivity contribution in [1.29, 1.82) is 0 Å². The lowest BCUT2D eigenvalue weighted by Gasteiger charge is -2.33. The highest BCUT2D eigenvalue weighted by Crippen LogP contribution is 2.33. The molecular weight excluding hydrogens is 476 g/mol. The van der Waals surface area contributed by atoms with E-state index in [0.29, 0.717) is 35.9 Å². The molecule has 178 valence electrons. The Morgan fingerprint density at radius 2 is 1.79 bits per heavy atom. The summed E-state index contributed by atoms with van der Waals surface area (Å²) >= 11 is 12.7. The highest BCUT2D eigenvalue weighted by molar-refractivity contribution is 6.34. The number of piperidine rings is 1. The number of hydrogen-bond acceptors (Lipinski definition) is 3. The number of aromatic nitrogens is 1. The molecule has 1 aliphatic heterocycles. The van der Waals surface area contributed by atoms with Crippen molar-refractivity contribution in [3.05, 3.63) is 91.6 Å². The average molecular weight is 502 g/mol. The van der Waals surface area contributed by atoms with E-state index in [1.807, 2.05) is 32.0 Å². The second kappa shape index (κ2) is 10.2. The molecule has 1 aromatic heterocycles. The summed E-state index contributed by atoms with van der Waals surface area (Å²) in [5.41, 5.74) is 2.91. The van der Waals surface area contributed by atoms with Gasteiger partial charge in [0.1, 0.15) is 10.8 Å². The maximum atomic E-state index is 13.6. The molecular formula is C26H26Cl2FN3O2. The van der Waals surface area contributed by atoms with Crippen LogP contribution in [-0.4, -0.2) is 28.5 Å². The normalized spacial score (nSPS) is 14.3. The van der Waals surface area contributed by atoms with E-state index >= 15 is 0 Å². The zero-order chi connectivity index (χ0) is 24.4. The molecule has 0 bridgehead atoms. The minimum atomic E-state index is -0.363. The Balaban J connectivity index is 1.63. The van der Waals surface area contributed by atoms with Crippen LogP contribution in [0.1, 0.15) is 47.2 Å². The van der Waals surface area contributed by atoms with Crippen molar-refractivity contribution < 1.29 is 9.18 Å². The van der Waals surface area contributed by atoms with Gasteiger partial charge >= 0.3 is 0 Å². The molecule has 1 aliphatic rings. The molecule has 1 amide bonds. The van der Waals surface area contributed by atoms with Gasteiger partial charge in [0.05, 0.1) is 11.3 Å². The van der Waals surface area contributed by atoms with E-state index in [-0.39, 0.29) is 33.9 Å². The number of carbonyl (C=O) groups excluding carboxylic acids is 1. The highest BCUT2D eigenvalue weighted by Gasteiger charge is 2.28. The molecule has 8 heteroatoms. The molecule has 2 aromatic carbocycles. The van der Waals surface area contributed by atoms with Gasteiger partial charge in [0.15, 0.2) is 0 Å². The van der Waals surface area contributed by atoms with E-state index in [0.717, 1.165) is 24.0 Å². The van der Waals surface area contributed by atoms with Gasteiger partial charge in [-0.15, -0.1) is 0 Å². The Labute approximate surface area is 208 Å². The Morgan fingerprint density at radius 1 is 1.12 bits per heavy atom. The monoisotopic (exact) mass is 501 g/mol. The van der Waals surface area contributed by atoms with Crippen molar-refractivity contribution >= 4 is 40.5 Å². The lowest BCUT2D eigenvalue weighted by molar-refractivity contribution is 0.0713. The van der Waals surface area contributed by atoms with Gasteiger partial charge in [-0.05, 0) is 68.0 Å². The van der Waals surface area contributed by atoms with Crippen molar-refractivity contribution in [2.45, 2.75) is 39.2 Å². The number of likely N-dealkylation sites (tertiary alicyclic amines) is 1. The van der Waals surface area contributed by atoms with E-state index in [2.05, 4.69) is 5.32 Å². The minimum absolute atomic E-state index is 0.0340. The molecule has 0 spiro atoms. The van der Waals surface area contributed by atoms with Crippen molar-refractivity contribution in [2.24, 2.45) is 0 Å². The molecule has 34 heavy (non-hydrogen) atoms. The standard InChI is InChI=1S/C26H26Cl2FN3O2/c1-3-31-15-21(24(23(28)26(31)34)30-22-14-19(27)7-4-16(22)2)25(33)32-12-10-18(11-13-32)17-5-8-20(29)9-6-17/h4-9,14-15,18,30H,3,10-13H2,1-2H3. The van der Waals surface area contributed by atoms with Gasteiger partial charge in [-0.3, -0.25) is 9.59 Å². The summed E-state index contributed by atoms with van der Waals surface area (Å²) in [4.78, 5) is 28.2. The molecule has 0 radical (unpaired) electrons.